The molecule has 1 heterocycles. The van der Waals surface area contributed by atoms with Crippen LogP contribution in [0.5, 0.6) is 0 Å². The van der Waals surface area contributed by atoms with Gasteiger partial charge in [-0.15, -0.1) is 0 Å². The molecule has 1 aromatic rings. The van der Waals surface area contributed by atoms with Crippen molar-refractivity contribution in [3.05, 3.63) is 35.9 Å². The second-order valence-corrected chi connectivity index (χ2v) is 3.67. The minimum Gasteiger partial charge on any atom is -0.371 e. The Morgan fingerprint density at radius 2 is 2.15 bits per heavy atom. The Hall–Kier alpha value is -0.430. The first kappa shape index (κ1) is 9.14. The highest BCUT2D eigenvalue weighted by Crippen LogP contribution is 2.18. The summed E-state index contributed by atoms with van der Waals surface area (Å²) in [4.78, 5) is 0. The molecule has 3 atom stereocenters. The zero-order chi connectivity index (χ0) is 9.10. The minimum atomic E-state index is 0.415. The first-order valence-electron chi connectivity index (χ1n) is 4.52. The Kier molecular flexibility index (Phi) is 2.94. The Balaban J connectivity index is 1.95. The first-order valence-corrected chi connectivity index (χ1v) is 5.09. The fourth-order valence-electron chi connectivity index (χ4n) is 1.45. The fourth-order valence-corrected chi connectivity index (χ4v) is 1.79. The van der Waals surface area contributed by atoms with Gasteiger partial charge in [-0.25, -0.2) is 0 Å². The number of ether oxygens (including phenoxy) is 1. The van der Waals surface area contributed by atoms with Crippen LogP contribution in [0.2, 0.25) is 0 Å². The van der Waals surface area contributed by atoms with Crippen LogP contribution in [0, 0.1) is 0 Å². The lowest BCUT2D eigenvalue weighted by molar-refractivity contribution is 0.363. The molecule has 0 saturated carbocycles. The molecule has 2 rings (SSSR count). The maximum atomic E-state index is 5.26. The molecule has 1 aliphatic rings. The molecule has 0 radical (unpaired) electrons. The highest BCUT2D eigenvalue weighted by molar-refractivity contribution is 7.13. The van der Waals surface area contributed by atoms with Crippen LogP contribution in [0.25, 0.3) is 0 Å². The van der Waals surface area contributed by atoms with Crippen LogP contribution < -0.4 is 5.09 Å². The lowest BCUT2D eigenvalue weighted by Gasteiger charge is -2.12. The van der Waals surface area contributed by atoms with Gasteiger partial charge in [-0.3, -0.25) is 5.09 Å². The monoisotopic (exact) mass is 195 g/mol. The molecule has 0 aliphatic carbocycles. The number of rotatable bonds is 4. The number of hydrogen-bond donors (Lipinski definition) is 1. The summed E-state index contributed by atoms with van der Waals surface area (Å²) in [6.45, 7) is 0.902. The Morgan fingerprint density at radius 1 is 1.46 bits per heavy atom. The van der Waals surface area contributed by atoms with Gasteiger partial charge in [0.1, 0.15) is 0 Å². The Labute approximate surface area is 80.9 Å². The summed E-state index contributed by atoms with van der Waals surface area (Å²) < 4.78 is 5.26. The van der Waals surface area contributed by atoms with Gasteiger partial charge >= 0.3 is 0 Å². The normalized spacial score (nSPS) is 22.7. The second-order valence-electron chi connectivity index (χ2n) is 3.33. The van der Waals surface area contributed by atoms with Gasteiger partial charge in [-0.1, -0.05) is 39.7 Å². The minimum absolute atomic E-state index is 0.415. The van der Waals surface area contributed by atoms with Crippen LogP contribution in [-0.4, -0.2) is 18.8 Å². The molecule has 0 aromatic heterocycles. The number of epoxide rings is 1. The molecule has 1 unspecified atom stereocenters. The van der Waals surface area contributed by atoms with Crippen molar-refractivity contribution in [3.8, 4) is 0 Å². The predicted molar refractivity (Wildman–Crippen MR) is 56.5 cm³/mol. The summed E-state index contributed by atoms with van der Waals surface area (Å²) >= 11 is 0. The van der Waals surface area contributed by atoms with Gasteiger partial charge in [0.05, 0.1) is 12.7 Å². The quantitative estimate of drug-likeness (QED) is 0.579. The van der Waals surface area contributed by atoms with E-state index < -0.39 is 0 Å². The third kappa shape index (κ3) is 2.50. The average molecular weight is 195 g/mol. The zero-order valence-corrected chi connectivity index (χ0v) is 8.60. The van der Waals surface area contributed by atoms with Gasteiger partial charge in [-0.2, -0.15) is 0 Å². The molecule has 1 aliphatic heterocycles. The van der Waals surface area contributed by atoms with E-state index in [0.29, 0.717) is 12.1 Å². The Bertz CT molecular complexity index is 261. The summed E-state index contributed by atoms with van der Waals surface area (Å²) in [6, 6.07) is 10.9. The summed E-state index contributed by atoms with van der Waals surface area (Å²) in [5, 5.41) is 3.20. The van der Waals surface area contributed by atoms with Crippen molar-refractivity contribution < 1.29 is 4.74 Å². The van der Waals surface area contributed by atoms with Gasteiger partial charge in [0.2, 0.25) is 0 Å². The Morgan fingerprint density at radius 3 is 2.69 bits per heavy atom. The zero-order valence-electron chi connectivity index (χ0n) is 7.44. The highest BCUT2D eigenvalue weighted by Gasteiger charge is 2.31. The average Bonchev–Trinajstić information content (AvgIpc) is 2.99. The molecule has 0 amide bonds. The van der Waals surface area contributed by atoms with E-state index in [1.165, 1.54) is 5.56 Å². The molecule has 3 heteroatoms. The van der Waals surface area contributed by atoms with E-state index in [4.69, 9.17) is 4.74 Å². The lowest BCUT2D eigenvalue weighted by Crippen LogP contribution is -2.29. The number of benzene rings is 1. The van der Waals surface area contributed by atoms with Crippen molar-refractivity contribution >= 4 is 9.39 Å². The highest BCUT2D eigenvalue weighted by atomic mass is 31.0. The molecule has 0 bridgehead atoms. The van der Waals surface area contributed by atoms with E-state index >= 15 is 0 Å². The van der Waals surface area contributed by atoms with E-state index in [1.807, 2.05) is 6.07 Å². The van der Waals surface area contributed by atoms with E-state index in [0.717, 1.165) is 13.0 Å². The van der Waals surface area contributed by atoms with Crippen molar-refractivity contribution in [2.45, 2.75) is 18.6 Å². The largest absolute Gasteiger partial charge is 0.371 e. The van der Waals surface area contributed by atoms with E-state index in [2.05, 4.69) is 38.7 Å². The van der Waals surface area contributed by atoms with E-state index in [-0.39, 0.29) is 0 Å². The van der Waals surface area contributed by atoms with Gasteiger partial charge in [0.25, 0.3) is 0 Å². The molecule has 1 N–H and O–H groups in total. The van der Waals surface area contributed by atoms with Gasteiger partial charge in [0, 0.05) is 6.04 Å². The van der Waals surface area contributed by atoms with Crippen LogP contribution in [0.15, 0.2) is 30.3 Å². The maximum Gasteiger partial charge on any atom is 0.0968 e. The third-order valence-corrected chi connectivity index (χ3v) is 2.75. The van der Waals surface area contributed by atoms with Crippen molar-refractivity contribution in [1.82, 2.24) is 5.09 Å². The van der Waals surface area contributed by atoms with E-state index in [1.54, 1.807) is 0 Å². The van der Waals surface area contributed by atoms with Crippen molar-refractivity contribution in [1.29, 1.82) is 0 Å². The SMILES string of the molecule is PN[C@@H](Cc1ccccc1)[C@@H]1CO1. The molecule has 1 saturated heterocycles. The maximum absolute atomic E-state index is 5.26. The molecule has 13 heavy (non-hydrogen) atoms. The van der Waals surface area contributed by atoms with Crippen molar-refractivity contribution in [2.75, 3.05) is 6.61 Å². The molecular formula is C10H14NOP. The molecule has 1 aromatic carbocycles. The third-order valence-electron chi connectivity index (χ3n) is 2.32. The van der Waals surface area contributed by atoms with E-state index in [9.17, 15) is 0 Å². The summed E-state index contributed by atoms with van der Waals surface area (Å²) in [7, 11) is 2.57. The number of hydrogen-bond acceptors (Lipinski definition) is 2. The van der Waals surface area contributed by atoms with Crippen LogP contribution >= 0.6 is 9.39 Å². The summed E-state index contributed by atoms with van der Waals surface area (Å²) in [5.41, 5.74) is 1.36. The topological polar surface area (TPSA) is 24.6 Å². The van der Waals surface area contributed by atoms with Crippen LogP contribution in [-0.2, 0) is 11.2 Å². The summed E-state index contributed by atoms with van der Waals surface area (Å²) in [6.07, 6.45) is 1.45. The van der Waals surface area contributed by atoms with Gasteiger partial charge < -0.3 is 4.74 Å². The first-order chi connectivity index (χ1) is 6.40. The second kappa shape index (κ2) is 4.19. The molecule has 0 spiro atoms. The number of nitrogens with one attached hydrogen (secondary N) is 1. The summed E-state index contributed by atoms with van der Waals surface area (Å²) in [5.74, 6) is 0. The predicted octanol–water partition coefficient (Wildman–Crippen LogP) is 1.38. The molecule has 70 valence electrons. The fraction of sp³-hybridized carbons (Fsp3) is 0.400. The molecule has 1 fully saturated rings. The van der Waals surface area contributed by atoms with Crippen LogP contribution in [0.4, 0.5) is 0 Å². The van der Waals surface area contributed by atoms with Crippen LogP contribution in [0.3, 0.4) is 0 Å². The van der Waals surface area contributed by atoms with Gasteiger partial charge in [-0.05, 0) is 12.0 Å². The lowest BCUT2D eigenvalue weighted by atomic mass is 10.0. The standard InChI is InChI=1S/C10H14NOP/c13-11-9(10-7-12-10)6-8-4-2-1-3-5-8/h1-5,9-11H,6-7,13H2/t9-,10-/m0/s1. The molecular weight excluding hydrogens is 181 g/mol. The van der Waals surface area contributed by atoms with Gasteiger partial charge in [0.15, 0.2) is 0 Å². The van der Waals surface area contributed by atoms with Crippen LogP contribution in [0.1, 0.15) is 5.56 Å². The van der Waals surface area contributed by atoms with Crippen molar-refractivity contribution in [3.63, 3.8) is 0 Å². The molecule has 2 nitrogen and oxygen atoms in total. The van der Waals surface area contributed by atoms with Crippen molar-refractivity contribution in [2.24, 2.45) is 0 Å². The smallest absolute Gasteiger partial charge is 0.0968 e.